The van der Waals surface area contributed by atoms with E-state index in [9.17, 15) is 14.4 Å². The number of hydrogen-bond donors (Lipinski definition) is 2. The Morgan fingerprint density at radius 3 is 1.48 bits per heavy atom. The number of carboxylic acids is 1. The number of aliphatic carboxylic acids is 1. The first-order valence-electron chi connectivity index (χ1n) is 8.88. The number of esters is 2. The molecule has 10 nitrogen and oxygen atoms in total. The fraction of sp³-hybridized carbons (Fsp3) is 0.824. The molecule has 0 aromatic carbocycles. The van der Waals surface area contributed by atoms with Crippen molar-refractivity contribution in [3.8, 4) is 0 Å². The predicted molar refractivity (Wildman–Crippen MR) is 94.1 cm³/mol. The molecule has 0 aliphatic rings. The van der Waals surface area contributed by atoms with E-state index < -0.39 is 11.5 Å². The SMILES string of the molecule is CCOC(=O)CCOCC(N)(COCCC(=O)O)COCCC(=O)OCC. The topological polar surface area (TPSA) is 144 Å². The van der Waals surface area contributed by atoms with Gasteiger partial charge in [0.1, 0.15) is 0 Å². The maximum atomic E-state index is 11.3. The number of rotatable bonds is 17. The largest absolute Gasteiger partial charge is 0.481 e. The summed E-state index contributed by atoms with van der Waals surface area (Å²) in [6.45, 7) is 4.32. The highest BCUT2D eigenvalue weighted by molar-refractivity contribution is 5.69. The second-order valence-electron chi connectivity index (χ2n) is 5.77. The van der Waals surface area contributed by atoms with Gasteiger partial charge in [-0.1, -0.05) is 0 Å². The number of nitrogens with two attached hydrogens (primary N) is 1. The van der Waals surface area contributed by atoms with Gasteiger partial charge in [0, 0.05) is 0 Å². The second kappa shape index (κ2) is 15.3. The summed E-state index contributed by atoms with van der Waals surface area (Å²) in [5, 5.41) is 8.63. The third-order valence-electron chi connectivity index (χ3n) is 3.14. The van der Waals surface area contributed by atoms with Crippen LogP contribution in [0.1, 0.15) is 33.1 Å². The van der Waals surface area contributed by atoms with E-state index >= 15 is 0 Å². The van der Waals surface area contributed by atoms with Crippen LogP contribution >= 0.6 is 0 Å². The summed E-state index contributed by atoms with van der Waals surface area (Å²) >= 11 is 0. The highest BCUT2D eigenvalue weighted by atomic mass is 16.5. The molecule has 0 bridgehead atoms. The molecule has 0 atom stereocenters. The highest BCUT2D eigenvalue weighted by Crippen LogP contribution is 2.06. The van der Waals surface area contributed by atoms with Gasteiger partial charge in [0.2, 0.25) is 0 Å². The Morgan fingerprint density at radius 1 is 0.778 bits per heavy atom. The molecule has 0 unspecified atom stereocenters. The van der Waals surface area contributed by atoms with Crippen molar-refractivity contribution in [2.75, 3.05) is 52.9 Å². The molecule has 0 aliphatic carbocycles. The smallest absolute Gasteiger partial charge is 0.308 e. The molecule has 0 saturated heterocycles. The van der Waals surface area contributed by atoms with E-state index in [0.717, 1.165) is 0 Å². The monoisotopic (exact) mass is 393 g/mol. The number of ether oxygens (including phenoxy) is 5. The Balaban J connectivity index is 4.31. The van der Waals surface area contributed by atoms with E-state index in [1.54, 1.807) is 13.8 Å². The van der Waals surface area contributed by atoms with Crippen LogP contribution < -0.4 is 5.73 Å². The zero-order chi connectivity index (χ0) is 20.5. The molecule has 0 spiro atoms. The molecule has 0 aromatic rings. The summed E-state index contributed by atoms with van der Waals surface area (Å²) in [4.78, 5) is 33.1. The maximum absolute atomic E-state index is 11.3. The van der Waals surface area contributed by atoms with E-state index in [0.29, 0.717) is 13.2 Å². The minimum absolute atomic E-state index is 0.0000643. The minimum Gasteiger partial charge on any atom is -0.481 e. The maximum Gasteiger partial charge on any atom is 0.308 e. The molecule has 158 valence electrons. The standard InChI is InChI=1S/C17H31NO9/c1-3-26-15(21)6-9-24-12-17(18,11-23-8-5-14(19)20)13-25-10-7-16(22)27-4-2/h3-13,18H2,1-2H3,(H,19,20). The molecule has 0 radical (unpaired) electrons. The Labute approximate surface area is 159 Å². The summed E-state index contributed by atoms with van der Waals surface area (Å²) in [5.41, 5.74) is 5.16. The van der Waals surface area contributed by atoms with E-state index in [4.69, 9.17) is 34.5 Å². The lowest BCUT2D eigenvalue weighted by Gasteiger charge is -2.28. The summed E-state index contributed by atoms with van der Waals surface area (Å²) in [6, 6.07) is 0. The Morgan fingerprint density at radius 2 is 1.15 bits per heavy atom. The fourth-order valence-corrected chi connectivity index (χ4v) is 1.89. The van der Waals surface area contributed by atoms with Crippen LogP contribution in [0, 0.1) is 0 Å². The molecule has 0 aromatic heterocycles. The molecule has 27 heavy (non-hydrogen) atoms. The van der Waals surface area contributed by atoms with Crippen molar-refractivity contribution in [1.29, 1.82) is 0 Å². The zero-order valence-corrected chi connectivity index (χ0v) is 16.1. The van der Waals surface area contributed by atoms with Gasteiger partial charge in [-0.15, -0.1) is 0 Å². The molecular weight excluding hydrogens is 362 g/mol. The van der Waals surface area contributed by atoms with Gasteiger partial charge >= 0.3 is 17.9 Å². The van der Waals surface area contributed by atoms with Gasteiger partial charge in [0.25, 0.3) is 0 Å². The normalized spacial score (nSPS) is 11.2. The van der Waals surface area contributed by atoms with Crippen LogP contribution in [0.25, 0.3) is 0 Å². The fourth-order valence-electron chi connectivity index (χ4n) is 1.89. The van der Waals surface area contributed by atoms with E-state index in [1.807, 2.05) is 0 Å². The molecule has 0 aliphatic heterocycles. The van der Waals surface area contributed by atoms with Gasteiger partial charge in [-0.3, -0.25) is 14.4 Å². The third kappa shape index (κ3) is 15.0. The van der Waals surface area contributed by atoms with E-state index in [1.165, 1.54) is 0 Å². The van der Waals surface area contributed by atoms with Gasteiger partial charge in [-0.2, -0.15) is 0 Å². The average molecular weight is 393 g/mol. The van der Waals surface area contributed by atoms with Crippen LogP contribution in [0.15, 0.2) is 0 Å². The average Bonchev–Trinajstić information content (AvgIpc) is 2.60. The van der Waals surface area contributed by atoms with Crippen molar-refractivity contribution in [3.05, 3.63) is 0 Å². The number of carboxylic acid groups (broad SMARTS) is 1. The molecule has 0 fully saturated rings. The molecule has 0 rings (SSSR count). The first-order valence-corrected chi connectivity index (χ1v) is 8.88. The van der Waals surface area contributed by atoms with Gasteiger partial charge in [0.15, 0.2) is 0 Å². The molecular formula is C17H31NO9. The number of carbonyl (C=O) groups excluding carboxylic acids is 2. The Kier molecular flexibility index (Phi) is 14.3. The predicted octanol–water partition coefficient (Wildman–Crippen LogP) is 0.115. The van der Waals surface area contributed by atoms with Crippen molar-refractivity contribution < 1.29 is 43.2 Å². The number of carbonyl (C=O) groups is 3. The van der Waals surface area contributed by atoms with E-state index in [-0.39, 0.29) is 70.8 Å². The summed E-state index contributed by atoms with van der Waals surface area (Å²) < 4.78 is 25.7. The first-order chi connectivity index (χ1) is 12.8. The van der Waals surface area contributed by atoms with Gasteiger partial charge < -0.3 is 34.5 Å². The molecule has 10 heteroatoms. The highest BCUT2D eigenvalue weighted by Gasteiger charge is 2.27. The lowest BCUT2D eigenvalue weighted by atomic mass is 10.1. The third-order valence-corrected chi connectivity index (χ3v) is 3.14. The lowest BCUT2D eigenvalue weighted by molar-refractivity contribution is -0.145. The van der Waals surface area contributed by atoms with Crippen LogP contribution in [0.3, 0.4) is 0 Å². The van der Waals surface area contributed by atoms with Crippen LogP contribution in [0.2, 0.25) is 0 Å². The number of hydrogen-bond acceptors (Lipinski definition) is 9. The molecule has 3 N–H and O–H groups in total. The van der Waals surface area contributed by atoms with Crippen molar-refractivity contribution in [2.24, 2.45) is 5.73 Å². The zero-order valence-electron chi connectivity index (χ0n) is 16.1. The minimum atomic E-state index is -1.05. The van der Waals surface area contributed by atoms with Crippen molar-refractivity contribution in [1.82, 2.24) is 0 Å². The Bertz CT molecular complexity index is 416. The van der Waals surface area contributed by atoms with Crippen LogP contribution in [0.4, 0.5) is 0 Å². The van der Waals surface area contributed by atoms with Crippen LogP contribution in [0.5, 0.6) is 0 Å². The van der Waals surface area contributed by atoms with Crippen molar-refractivity contribution >= 4 is 17.9 Å². The van der Waals surface area contributed by atoms with Gasteiger partial charge in [0.05, 0.1) is 77.7 Å². The summed E-state index contributed by atoms with van der Waals surface area (Å²) in [7, 11) is 0. The molecule has 0 amide bonds. The van der Waals surface area contributed by atoms with Gasteiger partial charge in [-0.25, -0.2) is 0 Å². The quantitative estimate of drug-likeness (QED) is 0.258. The molecule has 0 heterocycles. The second-order valence-corrected chi connectivity index (χ2v) is 5.77. The Hall–Kier alpha value is -1.75. The van der Waals surface area contributed by atoms with E-state index in [2.05, 4.69) is 0 Å². The van der Waals surface area contributed by atoms with Crippen molar-refractivity contribution in [2.45, 2.75) is 38.6 Å². The molecule has 0 saturated carbocycles. The van der Waals surface area contributed by atoms with Crippen molar-refractivity contribution in [3.63, 3.8) is 0 Å². The van der Waals surface area contributed by atoms with Crippen LogP contribution in [-0.4, -0.2) is 81.4 Å². The first kappa shape index (κ1) is 25.2. The lowest BCUT2D eigenvalue weighted by Crippen LogP contribution is -2.53. The summed E-state index contributed by atoms with van der Waals surface area (Å²) in [6.07, 6.45) is 0.0323. The van der Waals surface area contributed by atoms with Gasteiger partial charge in [-0.05, 0) is 13.8 Å². The van der Waals surface area contributed by atoms with Crippen LogP contribution in [-0.2, 0) is 38.1 Å². The summed E-state index contributed by atoms with van der Waals surface area (Å²) in [5.74, 6) is -1.72.